The third-order valence-electron chi connectivity index (χ3n) is 3.04. The average molecular weight is 212 g/mol. The normalized spacial score (nSPS) is 21.1. The van der Waals surface area contributed by atoms with Crippen LogP contribution in [0.25, 0.3) is 0 Å². The van der Waals surface area contributed by atoms with Gasteiger partial charge < -0.3 is 10.2 Å². The van der Waals surface area contributed by atoms with Crippen molar-refractivity contribution in [3.63, 3.8) is 0 Å². The van der Waals surface area contributed by atoms with Crippen molar-refractivity contribution in [2.75, 3.05) is 13.1 Å². The smallest absolute Gasteiger partial charge is 0.242 e. The molecular formula is C11H20N2O2. The molecule has 86 valence electrons. The number of rotatable bonds is 4. The Labute approximate surface area is 91.0 Å². The molecule has 2 unspecified atom stereocenters. The van der Waals surface area contributed by atoms with Gasteiger partial charge >= 0.3 is 0 Å². The summed E-state index contributed by atoms with van der Waals surface area (Å²) in [7, 11) is 0. The van der Waals surface area contributed by atoms with Crippen LogP contribution in [-0.4, -0.2) is 35.8 Å². The molecule has 0 saturated carbocycles. The highest BCUT2D eigenvalue weighted by Gasteiger charge is 2.27. The first-order valence-electron chi connectivity index (χ1n) is 5.60. The van der Waals surface area contributed by atoms with E-state index in [0.29, 0.717) is 5.92 Å². The van der Waals surface area contributed by atoms with E-state index in [1.165, 1.54) is 0 Å². The second-order valence-electron chi connectivity index (χ2n) is 4.40. The monoisotopic (exact) mass is 212 g/mol. The highest BCUT2D eigenvalue weighted by molar-refractivity contribution is 5.92. The van der Waals surface area contributed by atoms with Crippen LogP contribution in [0, 0.1) is 5.92 Å². The number of hydrogen-bond acceptors (Lipinski definition) is 2. The van der Waals surface area contributed by atoms with E-state index in [-0.39, 0.29) is 30.9 Å². The Balaban J connectivity index is 2.52. The summed E-state index contributed by atoms with van der Waals surface area (Å²) in [5.41, 5.74) is 0. The number of nitrogens with zero attached hydrogens (tertiary/aromatic N) is 1. The molecule has 0 aromatic carbocycles. The maximum absolute atomic E-state index is 11.6. The van der Waals surface area contributed by atoms with Gasteiger partial charge in [-0.2, -0.15) is 0 Å². The first-order valence-corrected chi connectivity index (χ1v) is 5.60. The van der Waals surface area contributed by atoms with Crippen molar-refractivity contribution in [1.29, 1.82) is 0 Å². The summed E-state index contributed by atoms with van der Waals surface area (Å²) in [6, 6.07) is 0.165. The number of piperazine rings is 1. The fourth-order valence-electron chi connectivity index (χ4n) is 1.85. The maximum atomic E-state index is 11.6. The molecular weight excluding hydrogens is 192 g/mol. The Bertz CT molecular complexity index is 253. The minimum absolute atomic E-state index is 0.0328. The molecule has 0 spiro atoms. The number of carbonyl (C=O) groups excluding carboxylic acids is 2. The number of hydrogen-bond donors (Lipinski definition) is 1. The van der Waals surface area contributed by atoms with Gasteiger partial charge in [-0.3, -0.25) is 9.59 Å². The average Bonchev–Trinajstić information content (AvgIpc) is 2.21. The lowest BCUT2D eigenvalue weighted by Gasteiger charge is -2.33. The predicted molar refractivity (Wildman–Crippen MR) is 58.3 cm³/mol. The lowest BCUT2D eigenvalue weighted by atomic mass is 9.99. The van der Waals surface area contributed by atoms with E-state index >= 15 is 0 Å². The van der Waals surface area contributed by atoms with Crippen LogP contribution in [0.2, 0.25) is 0 Å². The molecule has 2 atom stereocenters. The number of carbonyl (C=O) groups is 2. The van der Waals surface area contributed by atoms with Crippen molar-refractivity contribution in [3.8, 4) is 0 Å². The quantitative estimate of drug-likeness (QED) is 0.748. The SMILES string of the molecule is CCC(C)CC(C)N1CC(=O)NCC1=O. The molecule has 1 aliphatic rings. The van der Waals surface area contributed by atoms with Gasteiger partial charge in [-0.25, -0.2) is 0 Å². The lowest BCUT2D eigenvalue weighted by Crippen LogP contribution is -2.54. The number of nitrogens with one attached hydrogen (secondary N) is 1. The van der Waals surface area contributed by atoms with Crippen molar-refractivity contribution in [1.82, 2.24) is 10.2 Å². The Morgan fingerprint density at radius 2 is 2.07 bits per heavy atom. The van der Waals surface area contributed by atoms with Crippen molar-refractivity contribution in [2.45, 2.75) is 39.7 Å². The van der Waals surface area contributed by atoms with Gasteiger partial charge in [-0.15, -0.1) is 0 Å². The fourth-order valence-corrected chi connectivity index (χ4v) is 1.85. The number of amides is 2. The zero-order valence-electron chi connectivity index (χ0n) is 9.75. The van der Waals surface area contributed by atoms with Gasteiger partial charge in [-0.1, -0.05) is 20.3 Å². The van der Waals surface area contributed by atoms with Crippen LogP contribution < -0.4 is 5.32 Å². The molecule has 0 radical (unpaired) electrons. The van der Waals surface area contributed by atoms with E-state index in [9.17, 15) is 9.59 Å². The zero-order valence-corrected chi connectivity index (χ0v) is 9.75. The summed E-state index contributed by atoms with van der Waals surface area (Å²) in [6.45, 7) is 6.70. The van der Waals surface area contributed by atoms with Crippen LogP contribution in [0.15, 0.2) is 0 Å². The van der Waals surface area contributed by atoms with Gasteiger partial charge in [0.25, 0.3) is 0 Å². The lowest BCUT2D eigenvalue weighted by molar-refractivity contribution is -0.142. The van der Waals surface area contributed by atoms with Gasteiger partial charge in [0.2, 0.25) is 11.8 Å². The molecule has 1 fully saturated rings. The second kappa shape index (κ2) is 5.14. The first-order chi connectivity index (χ1) is 7.04. The molecule has 15 heavy (non-hydrogen) atoms. The van der Waals surface area contributed by atoms with E-state index < -0.39 is 0 Å². The van der Waals surface area contributed by atoms with Gasteiger partial charge in [0, 0.05) is 6.04 Å². The van der Waals surface area contributed by atoms with Crippen LogP contribution in [0.5, 0.6) is 0 Å². The Morgan fingerprint density at radius 1 is 1.40 bits per heavy atom. The van der Waals surface area contributed by atoms with E-state index in [1.807, 2.05) is 6.92 Å². The van der Waals surface area contributed by atoms with Gasteiger partial charge in [-0.05, 0) is 19.3 Å². The van der Waals surface area contributed by atoms with Crippen LogP contribution in [-0.2, 0) is 9.59 Å². The molecule has 0 aromatic heterocycles. The Hall–Kier alpha value is -1.06. The molecule has 4 nitrogen and oxygen atoms in total. The molecule has 0 aromatic rings. The molecule has 1 aliphatic heterocycles. The topological polar surface area (TPSA) is 49.4 Å². The molecule has 4 heteroatoms. The van der Waals surface area contributed by atoms with E-state index in [2.05, 4.69) is 19.2 Å². The Kier molecular flexibility index (Phi) is 4.12. The summed E-state index contributed by atoms with van der Waals surface area (Å²) in [6.07, 6.45) is 2.08. The zero-order chi connectivity index (χ0) is 11.4. The minimum atomic E-state index is -0.0504. The van der Waals surface area contributed by atoms with Crippen molar-refractivity contribution in [2.24, 2.45) is 5.92 Å². The maximum Gasteiger partial charge on any atom is 0.242 e. The minimum Gasteiger partial charge on any atom is -0.345 e. The van der Waals surface area contributed by atoms with Gasteiger partial charge in [0.05, 0.1) is 13.1 Å². The van der Waals surface area contributed by atoms with Crippen LogP contribution in [0.3, 0.4) is 0 Å². The van der Waals surface area contributed by atoms with Gasteiger partial charge in [0.15, 0.2) is 0 Å². The van der Waals surface area contributed by atoms with Crippen molar-refractivity contribution >= 4 is 11.8 Å². The Morgan fingerprint density at radius 3 is 2.67 bits per heavy atom. The summed E-state index contributed by atoms with van der Waals surface area (Å²) in [5, 5.41) is 2.55. The van der Waals surface area contributed by atoms with E-state index in [4.69, 9.17) is 0 Å². The van der Waals surface area contributed by atoms with Crippen molar-refractivity contribution in [3.05, 3.63) is 0 Å². The summed E-state index contributed by atoms with van der Waals surface area (Å²) in [4.78, 5) is 24.4. The highest BCUT2D eigenvalue weighted by Crippen LogP contribution is 2.15. The largest absolute Gasteiger partial charge is 0.345 e. The van der Waals surface area contributed by atoms with Crippen LogP contribution >= 0.6 is 0 Å². The predicted octanol–water partition coefficient (Wildman–Crippen LogP) is 0.769. The third-order valence-corrected chi connectivity index (χ3v) is 3.04. The summed E-state index contributed by atoms with van der Waals surface area (Å²) in [5.74, 6) is 0.578. The summed E-state index contributed by atoms with van der Waals surface area (Å²) >= 11 is 0. The molecule has 1 N–H and O–H groups in total. The van der Waals surface area contributed by atoms with Gasteiger partial charge in [0.1, 0.15) is 0 Å². The highest BCUT2D eigenvalue weighted by atomic mass is 16.2. The third kappa shape index (κ3) is 3.22. The molecule has 1 saturated heterocycles. The molecule has 1 heterocycles. The van der Waals surface area contributed by atoms with E-state index in [1.54, 1.807) is 4.90 Å². The molecule has 0 aliphatic carbocycles. The molecule has 0 bridgehead atoms. The van der Waals surface area contributed by atoms with E-state index in [0.717, 1.165) is 12.8 Å². The van der Waals surface area contributed by atoms with Crippen molar-refractivity contribution < 1.29 is 9.59 Å². The summed E-state index contributed by atoms with van der Waals surface area (Å²) < 4.78 is 0. The standard InChI is InChI=1S/C11H20N2O2/c1-4-8(2)5-9(3)13-7-10(14)12-6-11(13)15/h8-9H,4-7H2,1-3H3,(H,12,14). The fraction of sp³-hybridized carbons (Fsp3) is 0.818. The van der Waals surface area contributed by atoms with Crippen LogP contribution in [0.4, 0.5) is 0 Å². The molecule has 1 rings (SSSR count). The first kappa shape index (κ1) is 12.0. The molecule has 2 amide bonds. The van der Waals surface area contributed by atoms with Crippen LogP contribution in [0.1, 0.15) is 33.6 Å². The second-order valence-corrected chi connectivity index (χ2v) is 4.40.